The number of hydrogen-bond acceptors (Lipinski definition) is 4. The molecule has 1 aromatic carbocycles. The van der Waals surface area contributed by atoms with E-state index in [4.69, 9.17) is 11.5 Å². The lowest BCUT2D eigenvalue weighted by Gasteiger charge is -2.03. The molecule has 4 N–H and O–H groups in total. The van der Waals surface area contributed by atoms with Crippen molar-refractivity contribution in [2.75, 3.05) is 5.73 Å². The number of nitrogens with two attached hydrogens (primary N) is 2. The summed E-state index contributed by atoms with van der Waals surface area (Å²) in [6.07, 6.45) is 0.958. The van der Waals surface area contributed by atoms with E-state index < -0.39 is 5.91 Å². The fourth-order valence-electron chi connectivity index (χ4n) is 1.53. The second kappa shape index (κ2) is 4.25. The minimum atomic E-state index is -0.682. The highest BCUT2D eigenvalue weighted by molar-refractivity contribution is 5.95. The van der Waals surface area contributed by atoms with Gasteiger partial charge in [-0.3, -0.25) is 4.79 Å². The van der Waals surface area contributed by atoms with Gasteiger partial charge in [-0.15, -0.1) is 5.10 Å². The van der Waals surface area contributed by atoms with Gasteiger partial charge in [-0.25, -0.2) is 0 Å². The number of aryl methyl sites for hydroxylation is 1. The van der Waals surface area contributed by atoms with Crippen molar-refractivity contribution in [1.82, 2.24) is 15.0 Å². The Morgan fingerprint density at radius 2 is 2.00 bits per heavy atom. The largest absolute Gasteiger partial charge is 0.382 e. The van der Waals surface area contributed by atoms with Crippen LogP contribution in [0.2, 0.25) is 0 Å². The van der Waals surface area contributed by atoms with Crippen molar-refractivity contribution in [1.29, 1.82) is 0 Å². The molecule has 17 heavy (non-hydrogen) atoms. The number of nitrogen functional groups attached to an aromatic ring is 1. The highest BCUT2D eigenvalue weighted by atomic mass is 16.1. The molecule has 1 amide bonds. The molecule has 88 valence electrons. The van der Waals surface area contributed by atoms with Gasteiger partial charge in [-0.1, -0.05) is 24.3 Å². The van der Waals surface area contributed by atoms with E-state index in [1.165, 1.54) is 10.2 Å². The molecule has 2 aromatic rings. The zero-order valence-corrected chi connectivity index (χ0v) is 9.42. The number of primary amides is 1. The molecule has 0 bridgehead atoms. The first-order chi connectivity index (χ1) is 8.13. The van der Waals surface area contributed by atoms with Crippen molar-refractivity contribution < 1.29 is 4.79 Å². The van der Waals surface area contributed by atoms with E-state index >= 15 is 0 Å². The predicted molar refractivity (Wildman–Crippen MR) is 63.7 cm³/mol. The van der Waals surface area contributed by atoms with Crippen LogP contribution in [0.5, 0.6) is 0 Å². The van der Waals surface area contributed by atoms with Crippen molar-refractivity contribution >= 4 is 11.7 Å². The Labute approximate surface area is 98.2 Å². The van der Waals surface area contributed by atoms with E-state index in [-0.39, 0.29) is 11.5 Å². The summed E-state index contributed by atoms with van der Waals surface area (Å²) in [4.78, 5) is 11.0. The lowest BCUT2D eigenvalue weighted by atomic mass is 10.1. The predicted octanol–water partition coefficient (Wildman–Crippen LogP) is 0.511. The first-order valence-corrected chi connectivity index (χ1v) is 5.23. The van der Waals surface area contributed by atoms with Gasteiger partial charge < -0.3 is 11.5 Å². The van der Waals surface area contributed by atoms with E-state index in [0.717, 1.165) is 12.1 Å². The Kier molecular flexibility index (Phi) is 2.78. The number of hydrogen-bond donors (Lipinski definition) is 2. The molecule has 0 aliphatic heterocycles. The van der Waals surface area contributed by atoms with Gasteiger partial charge >= 0.3 is 0 Å². The molecule has 6 heteroatoms. The standard InChI is InChI=1S/C11H13N5O/c1-2-7-3-5-8(6-4-7)16-10(12)9(11(13)17)14-15-16/h3-6H,2,12H2,1H3,(H2,13,17). The minimum Gasteiger partial charge on any atom is -0.382 e. The van der Waals surface area contributed by atoms with Crippen LogP contribution in [-0.2, 0) is 6.42 Å². The molecule has 0 atom stereocenters. The molecule has 0 saturated carbocycles. The number of anilines is 1. The summed E-state index contributed by atoms with van der Waals surface area (Å²) >= 11 is 0. The molecule has 0 spiro atoms. The van der Waals surface area contributed by atoms with Gasteiger partial charge in [0.1, 0.15) is 0 Å². The summed E-state index contributed by atoms with van der Waals surface area (Å²) in [5.74, 6) is -0.527. The van der Waals surface area contributed by atoms with Gasteiger partial charge in [-0.05, 0) is 24.1 Å². The molecular weight excluding hydrogens is 218 g/mol. The van der Waals surface area contributed by atoms with Gasteiger partial charge in [0.25, 0.3) is 5.91 Å². The van der Waals surface area contributed by atoms with Crippen molar-refractivity contribution in [3.8, 4) is 5.69 Å². The highest BCUT2D eigenvalue weighted by Crippen LogP contribution is 2.15. The molecule has 0 aliphatic carbocycles. The van der Waals surface area contributed by atoms with Gasteiger partial charge in [0.2, 0.25) is 0 Å². The first kappa shape index (κ1) is 11.1. The first-order valence-electron chi connectivity index (χ1n) is 5.23. The summed E-state index contributed by atoms with van der Waals surface area (Å²) < 4.78 is 1.39. The van der Waals surface area contributed by atoms with Crippen molar-refractivity contribution in [2.24, 2.45) is 5.73 Å². The van der Waals surface area contributed by atoms with Crippen LogP contribution in [0.3, 0.4) is 0 Å². The molecule has 0 saturated heterocycles. The minimum absolute atomic E-state index is 0.00966. The number of carbonyl (C=O) groups excluding carboxylic acids is 1. The summed E-state index contributed by atoms with van der Waals surface area (Å²) in [5.41, 5.74) is 12.8. The van der Waals surface area contributed by atoms with Crippen LogP contribution in [0.15, 0.2) is 24.3 Å². The fraction of sp³-hybridized carbons (Fsp3) is 0.182. The van der Waals surface area contributed by atoms with E-state index in [0.29, 0.717) is 0 Å². The van der Waals surface area contributed by atoms with Crippen LogP contribution >= 0.6 is 0 Å². The molecule has 0 aliphatic rings. The number of benzene rings is 1. The average molecular weight is 231 g/mol. The lowest BCUT2D eigenvalue weighted by Crippen LogP contribution is -2.14. The van der Waals surface area contributed by atoms with Crippen molar-refractivity contribution in [3.63, 3.8) is 0 Å². The van der Waals surface area contributed by atoms with Crippen LogP contribution in [0.25, 0.3) is 5.69 Å². The van der Waals surface area contributed by atoms with Crippen molar-refractivity contribution in [2.45, 2.75) is 13.3 Å². The average Bonchev–Trinajstić information content (AvgIpc) is 2.71. The van der Waals surface area contributed by atoms with E-state index in [1.807, 2.05) is 24.3 Å². The Hall–Kier alpha value is -2.37. The topological polar surface area (TPSA) is 99.8 Å². The third-order valence-corrected chi connectivity index (χ3v) is 2.53. The maximum absolute atomic E-state index is 11.0. The van der Waals surface area contributed by atoms with Crippen molar-refractivity contribution in [3.05, 3.63) is 35.5 Å². The van der Waals surface area contributed by atoms with E-state index in [1.54, 1.807) is 0 Å². The summed E-state index contributed by atoms with van der Waals surface area (Å²) in [6.45, 7) is 2.07. The fourth-order valence-corrected chi connectivity index (χ4v) is 1.53. The maximum atomic E-state index is 11.0. The van der Waals surface area contributed by atoms with Crippen LogP contribution in [0, 0.1) is 0 Å². The molecule has 2 rings (SSSR count). The zero-order chi connectivity index (χ0) is 12.4. The van der Waals surface area contributed by atoms with Gasteiger partial charge in [-0.2, -0.15) is 4.68 Å². The Bertz CT molecular complexity index is 543. The Morgan fingerprint density at radius 1 is 1.35 bits per heavy atom. The third-order valence-electron chi connectivity index (χ3n) is 2.53. The normalized spacial score (nSPS) is 10.4. The van der Waals surface area contributed by atoms with Gasteiger partial charge in [0.05, 0.1) is 5.69 Å². The molecule has 1 aromatic heterocycles. The van der Waals surface area contributed by atoms with Crippen LogP contribution in [0.4, 0.5) is 5.82 Å². The monoisotopic (exact) mass is 231 g/mol. The maximum Gasteiger partial charge on any atom is 0.273 e. The molecule has 0 fully saturated rings. The number of aromatic nitrogens is 3. The Morgan fingerprint density at radius 3 is 2.47 bits per heavy atom. The molecule has 6 nitrogen and oxygen atoms in total. The van der Waals surface area contributed by atoms with Gasteiger partial charge in [0.15, 0.2) is 11.5 Å². The number of carbonyl (C=O) groups is 1. The molecule has 0 unspecified atom stereocenters. The molecule has 0 radical (unpaired) electrons. The number of rotatable bonds is 3. The Balaban J connectivity index is 2.42. The highest BCUT2D eigenvalue weighted by Gasteiger charge is 2.15. The molecule has 1 heterocycles. The van der Waals surface area contributed by atoms with Crippen LogP contribution in [-0.4, -0.2) is 20.9 Å². The summed E-state index contributed by atoms with van der Waals surface area (Å²) in [7, 11) is 0. The zero-order valence-electron chi connectivity index (χ0n) is 9.42. The number of amides is 1. The van der Waals surface area contributed by atoms with Gasteiger partial charge in [0, 0.05) is 0 Å². The lowest BCUT2D eigenvalue weighted by molar-refractivity contribution is 0.0996. The third kappa shape index (κ3) is 1.96. The van der Waals surface area contributed by atoms with E-state index in [2.05, 4.69) is 17.2 Å². The van der Waals surface area contributed by atoms with Crippen LogP contribution in [0.1, 0.15) is 23.0 Å². The number of nitrogens with zero attached hydrogens (tertiary/aromatic N) is 3. The smallest absolute Gasteiger partial charge is 0.273 e. The van der Waals surface area contributed by atoms with E-state index in [9.17, 15) is 4.79 Å². The molecular formula is C11H13N5O. The van der Waals surface area contributed by atoms with Crippen LogP contribution < -0.4 is 11.5 Å². The summed E-state index contributed by atoms with van der Waals surface area (Å²) in [5, 5.41) is 7.45. The second-order valence-corrected chi connectivity index (χ2v) is 3.62. The SMILES string of the molecule is CCc1ccc(-n2nnc(C(N)=O)c2N)cc1. The quantitative estimate of drug-likeness (QED) is 0.803. The summed E-state index contributed by atoms with van der Waals surface area (Å²) in [6, 6.07) is 7.68. The second-order valence-electron chi connectivity index (χ2n) is 3.62.